The van der Waals surface area contributed by atoms with Crippen LogP contribution < -0.4 is 0 Å². The third kappa shape index (κ3) is 3.44. The Morgan fingerprint density at radius 1 is 0.853 bits per heavy atom. The number of hydrogen-bond donors (Lipinski definition) is 0. The zero-order valence-corrected chi connectivity index (χ0v) is 22.7. The van der Waals surface area contributed by atoms with E-state index in [0.29, 0.717) is 17.3 Å². The first-order valence-corrected chi connectivity index (χ1v) is 14.8. The molecule has 10 atom stereocenters. The predicted octanol–water partition coefficient (Wildman–Crippen LogP) is 6.95. The van der Waals surface area contributed by atoms with Gasteiger partial charge in [0.25, 0.3) is 0 Å². The summed E-state index contributed by atoms with van der Waals surface area (Å²) in [6.45, 7) is 15.8. The summed E-state index contributed by atoms with van der Waals surface area (Å²) in [5.74, 6) is 3.57. The van der Waals surface area contributed by atoms with Crippen LogP contribution in [-0.4, -0.2) is 37.0 Å². The van der Waals surface area contributed by atoms with Crippen LogP contribution in [0.3, 0.4) is 0 Å². The molecule has 2 saturated heterocycles. The molecule has 6 fully saturated rings. The molecule has 0 aromatic rings. The van der Waals surface area contributed by atoms with Crippen molar-refractivity contribution in [3.63, 3.8) is 0 Å². The van der Waals surface area contributed by atoms with Gasteiger partial charge < -0.3 is 18.9 Å². The second kappa shape index (κ2) is 8.17. The molecule has 0 aromatic heterocycles. The van der Waals surface area contributed by atoms with Crippen molar-refractivity contribution in [2.45, 2.75) is 130 Å². The minimum Gasteiger partial charge on any atom is -0.347 e. The second-order valence-electron chi connectivity index (χ2n) is 14.1. The standard InChI is InChI=1S/C30H50O4/c1-7-8-9-19(2)21-10-11-22-20-17-30(31-14-15-32-30)26-16-24-25(34-27(3,4)33-24)18-29(26,6)23(20)12-13-28(21,22)5/h19-26H,7-18H2,1-6H3/t19-,20?,21-,22?,23?,24+,25-,26?,28-,29-/m1/s1. The fraction of sp³-hybridized carbons (Fsp3) is 1.00. The van der Waals surface area contributed by atoms with Crippen LogP contribution in [0.1, 0.15) is 106 Å². The zero-order valence-electron chi connectivity index (χ0n) is 22.7. The van der Waals surface area contributed by atoms with Gasteiger partial charge in [0.2, 0.25) is 0 Å². The van der Waals surface area contributed by atoms with E-state index in [-0.39, 0.29) is 17.6 Å². The van der Waals surface area contributed by atoms with Crippen molar-refractivity contribution < 1.29 is 18.9 Å². The maximum Gasteiger partial charge on any atom is 0.172 e. The highest BCUT2D eigenvalue weighted by molar-refractivity contribution is 5.15. The highest BCUT2D eigenvalue weighted by Gasteiger charge is 2.70. The Labute approximate surface area is 208 Å². The molecular weight excluding hydrogens is 424 g/mol. The fourth-order valence-electron chi connectivity index (χ4n) is 10.8. The molecule has 0 radical (unpaired) electrons. The molecule has 2 aliphatic heterocycles. The minimum absolute atomic E-state index is 0.179. The van der Waals surface area contributed by atoms with E-state index in [4.69, 9.17) is 18.9 Å². The normalized spacial score (nSPS) is 51.5. The Balaban J connectivity index is 1.32. The second-order valence-corrected chi connectivity index (χ2v) is 14.1. The lowest BCUT2D eigenvalue weighted by Crippen LogP contribution is -2.65. The van der Waals surface area contributed by atoms with Crippen LogP contribution in [0.25, 0.3) is 0 Å². The van der Waals surface area contributed by atoms with Crippen LogP contribution in [-0.2, 0) is 18.9 Å². The molecule has 4 nitrogen and oxygen atoms in total. The van der Waals surface area contributed by atoms with Gasteiger partial charge in [-0.3, -0.25) is 0 Å². The Morgan fingerprint density at radius 2 is 1.56 bits per heavy atom. The number of hydrogen-bond acceptors (Lipinski definition) is 4. The molecule has 0 amide bonds. The van der Waals surface area contributed by atoms with Crippen LogP contribution in [0, 0.1) is 46.3 Å². The average molecular weight is 475 g/mol. The van der Waals surface area contributed by atoms with E-state index in [0.717, 1.165) is 56.1 Å². The summed E-state index contributed by atoms with van der Waals surface area (Å²) in [6, 6.07) is 0. The molecule has 4 saturated carbocycles. The van der Waals surface area contributed by atoms with Gasteiger partial charge in [-0.2, -0.15) is 0 Å². The molecular formula is C30H50O4. The molecule has 0 aromatic carbocycles. The van der Waals surface area contributed by atoms with Gasteiger partial charge in [0.05, 0.1) is 25.4 Å². The lowest BCUT2D eigenvalue weighted by molar-refractivity contribution is -0.300. The third-order valence-electron chi connectivity index (χ3n) is 12.1. The summed E-state index contributed by atoms with van der Waals surface area (Å²) in [7, 11) is 0. The Kier molecular flexibility index (Phi) is 5.81. The fourth-order valence-corrected chi connectivity index (χ4v) is 10.8. The topological polar surface area (TPSA) is 36.9 Å². The van der Waals surface area contributed by atoms with Crippen LogP contribution in [0.15, 0.2) is 0 Å². The van der Waals surface area contributed by atoms with Crippen LogP contribution in [0.2, 0.25) is 0 Å². The van der Waals surface area contributed by atoms with Gasteiger partial charge >= 0.3 is 0 Å². The van der Waals surface area contributed by atoms with Crippen molar-refractivity contribution in [3.8, 4) is 0 Å². The third-order valence-corrected chi connectivity index (χ3v) is 12.1. The van der Waals surface area contributed by atoms with Crippen molar-refractivity contribution in [2.24, 2.45) is 46.3 Å². The molecule has 0 bridgehead atoms. The van der Waals surface area contributed by atoms with Crippen molar-refractivity contribution in [1.82, 2.24) is 0 Å². The Morgan fingerprint density at radius 3 is 2.29 bits per heavy atom. The van der Waals surface area contributed by atoms with Crippen molar-refractivity contribution in [1.29, 1.82) is 0 Å². The van der Waals surface area contributed by atoms with Gasteiger partial charge in [0.1, 0.15) is 0 Å². The molecule has 4 heteroatoms. The summed E-state index contributed by atoms with van der Waals surface area (Å²) in [5.41, 5.74) is 0.689. The molecule has 6 rings (SSSR count). The van der Waals surface area contributed by atoms with E-state index < -0.39 is 11.6 Å². The minimum atomic E-state index is -0.471. The summed E-state index contributed by atoms with van der Waals surface area (Å²) >= 11 is 0. The summed E-state index contributed by atoms with van der Waals surface area (Å²) in [4.78, 5) is 0. The maximum absolute atomic E-state index is 6.66. The van der Waals surface area contributed by atoms with E-state index in [9.17, 15) is 0 Å². The van der Waals surface area contributed by atoms with E-state index in [1.165, 1.54) is 44.9 Å². The first kappa shape index (κ1) is 24.2. The number of ether oxygens (including phenoxy) is 4. The quantitative estimate of drug-likeness (QED) is 0.441. The molecule has 1 spiro atoms. The number of fused-ring (bicyclic) bond motifs is 7. The predicted molar refractivity (Wildman–Crippen MR) is 133 cm³/mol. The highest BCUT2D eigenvalue weighted by Crippen LogP contribution is 2.71. The van der Waals surface area contributed by atoms with Crippen molar-refractivity contribution in [3.05, 3.63) is 0 Å². The first-order valence-electron chi connectivity index (χ1n) is 14.8. The van der Waals surface area contributed by atoms with Crippen molar-refractivity contribution in [2.75, 3.05) is 13.2 Å². The molecule has 34 heavy (non-hydrogen) atoms. The molecule has 4 unspecified atom stereocenters. The monoisotopic (exact) mass is 474 g/mol. The average Bonchev–Trinajstić information content (AvgIpc) is 3.45. The molecule has 4 aliphatic carbocycles. The Bertz CT molecular complexity index is 774. The first-order chi connectivity index (χ1) is 16.1. The van der Waals surface area contributed by atoms with Gasteiger partial charge in [0.15, 0.2) is 11.6 Å². The van der Waals surface area contributed by atoms with E-state index >= 15 is 0 Å². The highest BCUT2D eigenvalue weighted by atomic mass is 16.8. The molecule has 194 valence electrons. The van der Waals surface area contributed by atoms with Gasteiger partial charge in [0, 0.05) is 12.3 Å². The Hall–Kier alpha value is -0.160. The summed E-state index contributed by atoms with van der Waals surface area (Å²) < 4.78 is 26.2. The van der Waals surface area contributed by atoms with E-state index in [2.05, 4.69) is 41.5 Å². The molecule has 2 heterocycles. The largest absolute Gasteiger partial charge is 0.347 e. The SMILES string of the molecule is CCCC[C@@H](C)[C@H]1CCC2C3CC4(OCCO4)C4C[C@@H]5OC(C)(C)O[C@@H]5C[C@]4(C)C3CC[C@@]21C. The molecule has 0 N–H and O–H groups in total. The maximum atomic E-state index is 6.66. The van der Waals surface area contributed by atoms with E-state index in [1.807, 2.05) is 0 Å². The number of unbranched alkanes of at least 4 members (excludes halogenated alkanes) is 1. The van der Waals surface area contributed by atoms with Crippen LogP contribution >= 0.6 is 0 Å². The van der Waals surface area contributed by atoms with Gasteiger partial charge in [-0.05, 0) is 92.8 Å². The van der Waals surface area contributed by atoms with Gasteiger partial charge in [-0.15, -0.1) is 0 Å². The van der Waals surface area contributed by atoms with E-state index in [1.54, 1.807) is 0 Å². The zero-order chi connectivity index (χ0) is 23.9. The van der Waals surface area contributed by atoms with Gasteiger partial charge in [-0.1, -0.05) is 47.0 Å². The lowest BCUT2D eigenvalue weighted by Gasteiger charge is -2.65. The van der Waals surface area contributed by atoms with Crippen LogP contribution in [0.4, 0.5) is 0 Å². The lowest BCUT2D eigenvalue weighted by atomic mass is 9.42. The molecule has 6 aliphatic rings. The van der Waals surface area contributed by atoms with Crippen LogP contribution in [0.5, 0.6) is 0 Å². The van der Waals surface area contributed by atoms with Crippen molar-refractivity contribution >= 4 is 0 Å². The number of rotatable bonds is 4. The summed E-state index contributed by atoms with van der Waals surface area (Å²) in [5, 5.41) is 0. The smallest absolute Gasteiger partial charge is 0.172 e. The van der Waals surface area contributed by atoms with Gasteiger partial charge in [-0.25, -0.2) is 0 Å². The summed E-state index contributed by atoms with van der Waals surface area (Å²) in [6.07, 6.45) is 13.4.